The van der Waals surface area contributed by atoms with Gasteiger partial charge in [0.1, 0.15) is 29.0 Å². The molecular formula is C26H17ClF4N2O4. The molecule has 11 heteroatoms. The molecule has 0 aliphatic rings. The molecule has 37 heavy (non-hydrogen) atoms. The van der Waals surface area contributed by atoms with Crippen molar-refractivity contribution in [2.24, 2.45) is 0 Å². The van der Waals surface area contributed by atoms with E-state index in [4.69, 9.17) is 16.3 Å². The van der Waals surface area contributed by atoms with Crippen molar-refractivity contribution in [3.05, 3.63) is 94.1 Å². The highest BCUT2D eigenvalue weighted by molar-refractivity contribution is 6.36. The molecule has 0 bridgehead atoms. The fourth-order valence-corrected chi connectivity index (χ4v) is 4.19. The molecule has 4 aromatic rings. The number of methoxy groups -OCH3 is 1. The van der Waals surface area contributed by atoms with Crippen LogP contribution in [0.5, 0.6) is 5.75 Å². The number of nitrogens with one attached hydrogen (secondary N) is 1. The molecule has 1 unspecified atom stereocenters. The number of fused-ring (bicyclic) bond motifs is 1. The summed E-state index contributed by atoms with van der Waals surface area (Å²) in [6, 6.07) is 7.48. The Hall–Kier alpha value is -4.18. The van der Waals surface area contributed by atoms with E-state index >= 15 is 0 Å². The zero-order valence-corrected chi connectivity index (χ0v) is 19.7. The third kappa shape index (κ3) is 5.05. The first-order valence-electron chi connectivity index (χ1n) is 10.7. The van der Waals surface area contributed by atoms with Crippen LogP contribution in [-0.2, 0) is 11.2 Å². The van der Waals surface area contributed by atoms with Crippen molar-refractivity contribution in [3.63, 3.8) is 0 Å². The fourth-order valence-electron chi connectivity index (χ4n) is 3.95. The number of amides is 1. The summed E-state index contributed by atoms with van der Waals surface area (Å²) in [6.45, 7) is 0. The first-order chi connectivity index (χ1) is 17.6. The molecule has 3 aromatic carbocycles. The smallest absolute Gasteiger partial charge is 0.326 e. The zero-order valence-electron chi connectivity index (χ0n) is 19.0. The molecule has 2 N–H and O–H groups in total. The Bertz CT molecular complexity index is 1530. The van der Waals surface area contributed by atoms with Crippen molar-refractivity contribution in [2.45, 2.75) is 12.5 Å². The molecule has 0 spiro atoms. The topological polar surface area (TPSA) is 88.5 Å². The van der Waals surface area contributed by atoms with E-state index in [0.717, 1.165) is 30.3 Å². The maximum absolute atomic E-state index is 14.1. The monoisotopic (exact) mass is 532 g/mol. The second-order valence-corrected chi connectivity index (χ2v) is 8.33. The summed E-state index contributed by atoms with van der Waals surface area (Å²) in [6.07, 6.45) is 1.03. The van der Waals surface area contributed by atoms with E-state index < -0.39 is 46.8 Å². The Kier molecular flexibility index (Phi) is 7.30. The third-order valence-electron chi connectivity index (χ3n) is 5.67. The van der Waals surface area contributed by atoms with Crippen LogP contribution in [0.1, 0.15) is 15.9 Å². The number of carbonyl (C=O) groups is 2. The van der Waals surface area contributed by atoms with Crippen molar-refractivity contribution in [2.75, 3.05) is 7.11 Å². The third-order valence-corrected chi connectivity index (χ3v) is 5.99. The highest BCUT2D eigenvalue weighted by Crippen LogP contribution is 2.40. The number of hydrogen-bond donors (Lipinski definition) is 2. The number of ether oxygens (including phenoxy) is 1. The predicted octanol–water partition coefficient (Wildman–Crippen LogP) is 5.55. The van der Waals surface area contributed by atoms with Gasteiger partial charge in [-0.1, -0.05) is 29.8 Å². The molecule has 190 valence electrons. The predicted molar refractivity (Wildman–Crippen MR) is 128 cm³/mol. The summed E-state index contributed by atoms with van der Waals surface area (Å²) in [5.41, 5.74) is 0.113. The van der Waals surface area contributed by atoms with E-state index in [1.54, 1.807) is 0 Å². The maximum atomic E-state index is 14.1. The van der Waals surface area contributed by atoms with Crippen LogP contribution in [0.4, 0.5) is 17.6 Å². The molecule has 1 aromatic heterocycles. The van der Waals surface area contributed by atoms with E-state index in [-0.39, 0.29) is 28.3 Å². The van der Waals surface area contributed by atoms with Crippen molar-refractivity contribution in [3.8, 4) is 16.9 Å². The number of carboxylic acid groups (broad SMARTS) is 1. The van der Waals surface area contributed by atoms with Crippen LogP contribution < -0.4 is 10.1 Å². The summed E-state index contributed by atoms with van der Waals surface area (Å²) in [5, 5.41) is 12.3. The number of halogens is 5. The van der Waals surface area contributed by atoms with Gasteiger partial charge in [-0.05, 0) is 35.4 Å². The van der Waals surface area contributed by atoms with Crippen LogP contribution in [-0.4, -0.2) is 35.1 Å². The first-order valence-corrected chi connectivity index (χ1v) is 11.1. The lowest BCUT2D eigenvalue weighted by Crippen LogP contribution is -2.43. The minimum atomic E-state index is -1.60. The number of carbonyl (C=O) groups excluding carboxylic acids is 1. The SMILES string of the molecule is COc1cc(F)c(F)cc1-c1ccc(CC(NC(=O)c2c(F)cccc2F)C(=O)O)c2nccc(Cl)c12. The number of benzene rings is 3. The maximum Gasteiger partial charge on any atom is 0.326 e. The van der Waals surface area contributed by atoms with Crippen LogP contribution in [0.2, 0.25) is 5.02 Å². The van der Waals surface area contributed by atoms with Gasteiger partial charge >= 0.3 is 5.97 Å². The van der Waals surface area contributed by atoms with Crippen molar-refractivity contribution < 1.29 is 37.0 Å². The number of carboxylic acids is 1. The molecule has 0 saturated heterocycles. The molecule has 0 aliphatic carbocycles. The molecule has 0 aliphatic heterocycles. The van der Waals surface area contributed by atoms with E-state index in [9.17, 15) is 32.3 Å². The number of aromatic nitrogens is 1. The largest absolute Gasteiger partial charge is 0.496 e. The Morgan fingerprint density at radius 1 is 1.00 bits per heavy atom. The molecule has 4 rings (SSSR count). The highest BCUT2D eigenvalue weighted by atomic mass is 35.5. The van der Waals surface area contributed by atoms with Gasteiger partial charge in [-0.25, -0.2) is 22.4 Å². The lowest BCUT2D eigenvalue weighted by atomic mass is 9.94. The molecule has 0 fully saturated rings. The fraction of sp³-hybridized carbons (Fsp3) is 0.115. The molecule has 1 atom stereocenters. The second kappa shape index (κ2) is 10.4. The van der Waals surface area contributed by atoms with Gasteiger partial charge in [0, 0.05) is 29.6 Å². The summed E-state index contributed by atoms with van der Waals surface area (Å²) >= 11 is 6.43. The Balaban J connectivity index is 1.78. The van der Waals surface area contributed by atoms with Crippen LogP contribution in [0, 0.1) is 23.3 Å². The van der Waals surface area contributed by atoms with Crippen LogP contribution in [0.3, 0.4) is 0 Å². The van der Waals surface area contributed by atoms with Gasteiger partial charge in [-0.3, -0.25) is 9.78 Å². The van der Waals surface area contributed by atoms with Crippen molar-refractivity contribution in [1.82, 2.24) is 10.3 Å². The van der Waals surface area contributed by atoms with E-state index in [1.807, 2.05) is 0 Å². The number of hydrogen-bond acceptors (Lipinski definition) is 4. The van der Waals surface area contributed by atoms with Crippen LogP contribution in [0.25, 0.3) is 22.0 Å². The van der Waals surface area contributed by atoms with Crippen LogP contribution in [0.15, 0.2) is 54.7 Å². The van der Waals surface area contributed by atoms with E-state index in [2.05, 4.69) is 10.3 Å². The standard InChI is InChI=1S/C26H17ClF4N2O4/c1-37-21-11-19(31)18(30)10-14(21)13-6-5-12(24-22(13)15(27)7-8-32-24)9-20(26(35)36)33-25(34)23-16(28)3-2-4-17(23)29/h2-8,10-11,20H,9H2,1H3,(H,33,34)(H,35,36). The van der Waals surface area contributed by atoms with E-state index in [0.29, 0.717) is 16.5 Å². The van der Waals surface area contributed by atoms with E-state index in [1.165, 1.54) is 31.5 Å². The van der Waals surface area contributed by atoms with Crippen LogP contribution >= 0.6 is 11.6 Å². The first kappa shape index (κ1) is 25.9. The average Bonchev–Trinajstić information content (AvgIpc) is 2.85. The number of rotatable bonds is 7. The Labute approximate surface area is 212 Å². The normalized spacial score (nSPS) is 11.8. The summed E-state index contributed by atoms with van der Waals surface area (Å²) in [4.78, 5) is 28.7. The summed E-state index contributed by atoms with van der Waals surface area (Å²) < 4.78 is 61.1. The van der Waals surface area contributed by atoms with Gasteiger partial charge in [0.2, 0.25) is 0 Å². The zero-order chi connectivity index (χ0) is 26.9. The summed E-state index contributed by atoms with van der Waals surface area (Å²) in [5.74, 6) is -7.22. The number of aliphatic carboxylic acids is 1. The molecule has 6 nitrogen and oxygen atoms in total. The highest BCUT2D eigenvalue weighted by Gasteiger charge is 2.26. The Morgan fingerprint density at radius 3 is 2.32 bits per heavy atom. The minimum Gasteiger partial charge on any atom is -0.496 e. The molecular weight excluding hydrogens is 516 g/mol. The molecule has 1 amide bonds. The lowest BCUT2D eigenvalue weighted by Gasteiger charge is -2.18. The quantitative estimate of drug-likeness (QED) is 0.305. The van der Waals surface area contributed by atoms with Gasteiger partial charge in [-0.2, -0.15) is 0 Å². The summed E-state index contributed by atoms with van der Waals surface area (Å²) in [7, 11) is 1.28. The lowest BCUT2D eigenvalue weighted by molar-refractivity contribution is -0.139. The van der Waals surface area contributed by atoms with Gasteiger partial charge in [0.05, 0.1) is 17.6 Å². The molecule has 0 saturated carbocycles. The molecule has 1 heterocycles. The minimum absolute atomic E-state index is 0.0236. The van der Waals surface area contributed by atoms with Gasteiger partial charge < -0.3 is 15.2 Å². The molecule has 0 radical (unpaired) electrons. The number of nitrogens with zero attached hydrogens (tertiary/aromatic N) is 1. The van der Waals surface area contributed by atoms with Gasteiger partial charge in [0.25, 0.3) is 5.91 Å². The van der Waals surface area contributed by atoms with Gasteiger partial charge in [0.15, 0.2) is 11.6 Å². The van der Waals surface area contributed by atoms with Crippen molar-refractivity contribution in [1.29, 1.82) is 0 Å². The van der Waals surface area contributed by atoms with Gasteiger partial charge in [-0.15, -0.1) is 0 Å². The Morgan fingerprint density at radius 2 is 1.68 bits per heavy atom. The second-order valence-electron chi connectivity index (χ2n) is 7.92. The number of pyridine rings is 1. The van der Waals surface area contributed by atoms with Crippen molar-refractivity contribution >= 4 is 34.4 Å². The average molecular weight is 533 g/mol.